The Hall–Kier alpha value is -1.16. The molecule has 1 N–H and O–H groups in total. The van der Waals surface area contributed by atoms with Crippen molar-refractivity contribution in [2.24, 2.45) is 23.2 Å². The van der Waals surface area contributed by atoms with Crippen molar-refractivity contribution in [3.63, 3.8) is 0 Å². The van der Waals surface area contributed by atoms with Crippen LogP contribution in [0.2, 0.25) is 0 Å². The minimum Gasteiger partial charge on any atom is -0.351 e. The van der Waals surface area contributed by atoms with Gasteiger partial charge in [-0.1, -0.05) is 12.1 Å². The van der Waals surface area contributed by atoms with E-state index in [0.717, 1.165) is 29.9 Å². The molecule has 5 rings (SSSR count). The predicted molar refractivity (Wildman–Crippen MR) is 97.2 cm³/mol. The van der Waals surface area contributed by atoms with Crippen molar-refractivity contribution in [3.8, 4) is 0 Å². The van der Waals surface area contributed by atoms with Gasteiger partial charge >= 0.3 is 0 Å². The Bertz CT molecular complexity index is 634. The summed E-state index contributed by atoms with van der Waals surface area (Å²) in [5, 5.41) is 3.22. The Labute approximate surface area is 147 Å². The average molecular weight is 346 g/mol. The van der Waals surface area contributed by atoms with Gasteiger partial charge in [-0.25, -0.2) is 0 Å². The number of amides is 1. The van der Waals surface area contributed by atoms with Gasteiger partial charge in [-0.3, -0.25) is 9.00 Å². The molecule has 3 nitrogen and oxygen atoms in total. The van der Waals surface area contributed by atoms with Gasteiger partial charge < -0.3 is 5.32 Å². The summed E-state index contributed by atoms with van der Waals surface area (Å²) in [6.07, 6.45) is 9.94. The Morgan fingerprint density at radius 3 is 2.38 bits per heavy atom. The molecular weight excluding hydrogens is 318 g/mol. The first-order valence-corrected chi connectivity index (χ1v) is 10.9. The van der Waals surface area contributed by atoms with Crippen molar-refractivity contribution in [2.75, 3.05) is 12.8 Å². The maximum atomic E-state index is 12.6. The number of nitrogens with one attached hydrogen (secondary N) is 1. The van der Waals surface area contributed by atoms with Crippen LogP contribution in [0.4, 0.5) is 0 Å². The number of hydrogen-bond acceptors (Lipinski definition) is 2. The summed E-state index contributed by atoms with van der Waals surface area (Å²) in [5.41, 5.74) is 2.04. The molecule has 4 fully saturated rings. The largest absolute Gasteiger partial charge is 0.351 e. The lowest BCUT2D eigenvalue weighted by Crippen LogP contribution is -2.51. The minimum atomic E-state index is -0.881. The number of carbonyl (C=O) groups excluding carboxylic acids is 1. The molecule has 4 bridgehead atoms. The topological polar surface area (TPSA) is 46.2 Å². The summed E-state index contributed by atoms with van der Waals surface area (Å²) in [6, 6.07) is 7.58. The second-order valence-corrected chi connectivity index (χ2v) is 9.95. The van der Waals surface area contributed by atoms with Crippen LogP contribution in [-0.2, 0) is 16.6 Å². The van der Waals surface area contributed by atoms with Gasteiger partial charge in [0, 0.05) is 34.9 Å². The summed E-state index contributed by atoms with van der Waals surface area (Å²) in [4.78, 5) is 12.6. The van der Waals surface area contributed by atoms with E-state index >= 15 is 0 Å². The van der Waals surface area contributed by atoms with E-state index in [9.17, 15) is 9.00 Å². The van der Waals surface area contributed by atoms with Crippen LogP contribution in [0.15, 0.2) is 24.3 Å². The second kappa shape index (κ2) is 6.29. The second-order valence-electron chi connectivity index (χ2n) is 8.52. The van der Waals surface area contributed by atoms with Crippen LogP contribution in [0, 0.1) is 23.2 Å². The van der Waals surface area contributed by atoms with E-state index < -0.39 is 10.8 Å². The molecule has 0 heterocycles. The molecule has 0 aromatic heterocycles. The zero-order valence-corrected chi connectivity index (χ0v) is 15.2. The third kappa shape index (κ3) is 3.30. The monoisotopic (exact) mass is 345 g/mol. The van der Waals surface area contributed by atoms with Crippen LogP contribution in [0.1, 0.15) is 54.4 Å². The zero-order valence-electron chi connectivity index (χ0n) is 14.4. The highest BCUT2D eigenvalue weighted by Crippen LogP contribution is 2.59. The Kier molecular flexibility index (Phi) is 4.27. The Morgan fingerprint density at radius 1 is 1.17 bits per heavy atom. The average Bonchev–Trinajstić information content (AvgIpc) is 2.51. The van der Waals surface area contributed by atoms with E-state index in [1.54, 1.807) is 6.26 Å². The summed E-state index contributed by atoms with van der Waals surface area (Å²) in [7, 11) is -0.881. The molecule has 1 atom stereocenters. The van der Waals surface area contributed by atoms with Crippen molar-refractivity contribution in [2.45, 2.75) is 44.3 Å². The van der Waals surface area contributed by atoms with Crippen LogP contribution in [-0.4, -0.2) is 22.9 Å². The molecular formula is C20H27NO2S. The standard InChI is InChI=1S/C20H27NO2S/c1-24(23)12-14-3-2-4-18(8-14)19(22)21-13-20-9-15-5-16(10-20)7-17(6-15)11-20/h2-4,8,15-17H,5-7,9-13H2,1H3,(H,21,22). The highest BCUT2D eigenvalue weighted by atomic mass is 32.2. The van der Waals surface area contributed by atoms with Gasteiger partial charge in [-0.05, 0) is 79.4 Å². The Morgan fingerprint density at radius 2 is 1.79 bits per heavy atom. The lowest BCUT2D eigenvalue weighted by atomic mass is 9.49. The smallest absolute Gasteiger partial charge is 0.251 e. The molecule has 4 aliphatic carbocycles. The fourth-order valence-electron chi connectivity index (χ4n) is 5.91. The highest BCUT2D eigenvalue weighted by molar-refractivity contribution is 7.83. The molecule has 1 aromatic carbocycles. The summed E-state index contributed by atoms with van der Waals surface area (Å²) in [6.45, 7) is 0.833. The van der Waals surface area contributed by atoms with Crippen molar-refractivity contribution < 1.29 is 9.00 Å². The third-order valence-corrected chi connectivity index (χ3v) is 7.09. The van der Waals surface area contributed by atoms with E-state index in [2.05, 4.69) is 5.32 Å². The molecule has 0 aliphatic heterocycles. The van der Waals surface area contributed by atoms with Gasteiger partial charge in [-0.2, -0.15) is 0 Å². The molecule has 24 heavy (non-hydrogen) atoms. The molecule has 1 aromatic rings. The number of benzene rings is 1. The van der Waals surface area contributed by atoms with Gasteiger partial charge in [0.05, 0.1) is 0 Å². The fraction of sp³-hybridized carbons (Fsp3) is 0.650. The first-order chi connectivity index (χ1) is 11.5. The number of rotatable bonds is 5. The van der Waals surface area contributed by atoms with Crippen LogP contribution in [0.25, 0.3) is 0 Å². The van der Waals surface area contributed by atoms with E-state index in [0.29, 0.717) is 16.7 Å². The van der Waals surface area contributed by atoms with Gasteiger partial charge in [-0.15, -0.1) is 0 Å². The van der Waals surface area contributed by atoms with Crippen LogP contribution in [0.5, 0.6) is 0 Å². The van der Waals surface area contributed by atoms with Crippen molar-refractivity contribution >= 4 is 16.7 Å². The molecule has 130 valence electrons. The van der Waals surface area contributed by atoms with Gasteiger partial charge in [0.25, 0.3) is 5.91 Å². The SMILES string of the molecule is CS(=O)Cc1cccc(C(=O)NCC23CC4CC(CC(C4)C2)C3)c1. The third-order valence-electron chi connectivity index (χ3n) is 6.35. The molecule has 0 saturated heterocycles. The van der Waals surface area contributed by atoms with E-state index in [1.165, 1.54) is 38.5 Å². The lowest BCUT2D eigenvalue weighted by molar-refractivity contribution is -0.0503. The normalized spacial score (nSPS) is 35.0. The minimum absolute atomic E-state index is 0.0227. The van der Waals surface area contributed by atoms with Crippen LogP contribution in [0.3, 0.4) is 0 Å². The summed E-state index contributed by atoms with van der Waals surface area (Å²) >= 11 is 0. The maximum absolute atomic E-state index is 12.6. The molecule has 0 radical (unpaired) electrons. The van der Waals surface area contributed by atoms with Crippen LogP contribution >= 0.6 is 0 Å². The molecule has 1 amide bonds. The lowest BCUT2D eigenvalue weighted by Gasteiger charge is -2.56. The maximum Gasteiger partial charge on any atom is 0.251 e. The quantitative estimate of drug-likeness (QED) is 0.887. The molecule has 4 aliphatic rings. The van der Waals surface area contributed by atoms with Gasteiger partial charge in [0.2, 0.25) is 0 Å². The van der Waals surface area contributed by atoms with Crippen molar-refractivity contribution in [3.05, 3.63) is 35.4 Å². The summed E-state index contributed by atoms with van der Waals surface area (Å²) < 4.78 is 11.4. The van der Waals surface area contributed by atoms with Crippen molar-refractivity contribution in [1.29, 1.82) is 0 Å². The van der Waals surface area contributed by atoms with Crippen molar-refractivity contribution in [1.82, 2.24) is 5.32 Å². The zero-order chi connectivity index (χ0) is 16.7. The molecule has 1 unspecified atom stereocenters. The fourth-order valence-corrected chi connectivity index (χ4v) is 6.56. The number of hydrogen-bond donors (Lipinski definition) is 1. The van der Waals surface area contributed by atoms with Gasteiger partial charge in [0.15, 0.2) is 0 Å². The summed E-state index contributed by atoms with van der Waals surface area (Å²) in [5.74, 6) is 3.27. The molecule has 4 heteroatoms. The van der Waals surface area contributed by atoms with E-state index in [4.69, 9.17) is 0 Å². The molecule has 0 spiro atoms. The Balaban J connectivity index is 1.41. The predicted octanol–water partition coefficient (Wildman–Crippen LogP) is 3.51. The molecule has 4 saturated carbocycles. The number of carbonyl (C=O) groups is 1. The van der Waals surface area contributed by atoms with E-state index in [-0.39, 0.29) is 5.91 Å². The van der Waals surface area contributed by atoms with Crippen LogP contribution < -0.4 is 5.32 Å². The van der Waals surface area contributed by atoms with Gasteiger partial charge in [0.1, 0.15) is 0 Å². The first-order valence-electron chi connectivity index (χ1n) is 9.18. The highest BCUT2D eigenvalue weighted by Gasteiger charge is 2.50. The first kappa shape index (κ1) is 16.3. The van der Waals surface area contributed by atoms with E-state index in [1.807, 2.05) is 24.3 Å².